The number of rotatable bonds is 4. The van der Waals surface area contributed by atoms with Crippen LogP contribution in [0.1, 0.15) is 33.4 Å². The topological polar surface area (TPSA) is 27.1 Å². The molecule has 98 valence electrons. The van der Waals surface area contributed by atoms with Gasteiger partial charge in [0.25, 0.3) is 0 Å². The van der Waals surface area contributed by atoms with Crippen molar-refractivity contribution in [1.82, 2.24) is 9.78 Å². The summed E-state index contributed by atoms with van der Waals surface area (Å²) < 4.78 is 9.34. The molecule has 0 amide bonds. The Labute approximate surface area is 119 Å². The zero-order valence-corrected chi connectivity index (χ0v) is 14.8. The van der Waals surface area contributed by atoms with Gasteiger partial charge < -0.3 is 4.43 Å². The van der Waals surface area contributed by atoms with Crippen molar-refractivity contribution in [3.8, 4) is 0 Å². The normalized spacial score (nSPS) is 13.1. The van der Waals surface area contributed by atoms with Crippen molar-refractivity contribution in [3.63, 3.8) is 0 Å². The molecule has 0 radical (unpaired) electrons. The molecule has 1 rings (SSSR count). The summed E-state index contributed by atoms with van der Waals surface area (Å²) in [5.41, 5.74) is 1.07. The lowest BCUT2D eigenvalue weighted by atomic mass is 10.2. The van der Waals surface area contributed by atoms with Gasteiger partial charge in [-0.2, -0.15) is 5.10 Å². The van der Waals surface area contributed by atoms with Gasteiger partial charge in [-0.25, -0.2) is 0 Å². The van der Waals surface area contributed by atoms with Crippen LogP contribution in [0.3, 0.4) is 0 Å². The van der Waals surface area contributed by atoms with Crippen LogP contribution in [0.2, 0.25) is 18.1 Å². The highest BCUT2D eigenvalue weighted by atomic mass is 127. The Bertz CT molecular complexity index is 382. The molecule has 3 nitrogen and oxygen atoms in total. The van der Waals surface area contributed by atoms with E-state index in [1.165, 1.54) is 3.57 Å². The minimum atomic E-state index is -1.66. The van der Waals surface area contributed by atoms with Gasteiger partial charge in [-0.05, 0) is 47.6 Å². The van der Waals surface area contributed by atoms with Gasteiger partial charge in [-0.1, -0.05) is 20.8 Å². The van der Waals surface area contributed by atoms with Gasteiger partial charge in [0.1, 0.15) is 5.69 Å². The van der Waals surface area contributed by atoms with Crippen LogP contribution in [0.4, 0.5) is 0 Å². The van der Waals surface area contributed by atoms with Crippen LogP contribution in [0.15, 0.2) is 6.20 Å². The van der Waals surface area contributed by atoms with E-state index in [-0.39, 0.29) is 5.04 Å². The highest BCUT2D eigenvalue weighted by Gasteiger charge is 2.37. The van der Waals surface area contributed by atoms with Crippen molar-refractivity contribution in [3.05, 3.63) is 15.5 Å². The number of nitrogens with zero attached hydrogens (tertiary/aromatic N) is 2. The molecule has 0 atom stereocenters. The third-order valence-corrected chi connectivity index (χ3v) is 8.87. The molecule has 1 aromatic rings. The molecule has 5 heteroatoms. The Morgan fingerprint density at radius 3 is 2.41 bits per heavy atom. The Morgan fingerprint density at radius 1 is 1.41 bits per heavy atom. The van der Waals surface area contributed by atoms with Gasteiger partial charge in [0.15, 0.2) is 8.32 Å². The molecule has 0 bridgehead atoms. The molecule has 0 N–H and O–H groups in total. The van der Waals surface area contributed by atoms with E-state index in [4.69, 9.17) is 4.43 Å². The van der Waals surface area contributed by atoms with Crippen LogP contribution < -0.4 is 0 Å². The number of halogens is 1. The van der Waals surface area contributed by atoms with Crippen LogP contribution in [-0.4, -0.2) is 18.1 Å². The maximum Gasteiger partial charge on any atom is 0.192 e. The standard InChI is InChI=1S/C12H23IN2OSi/c1-7-15-8-10(13)11(14-15)9-16-17(5,6)12(2,3)4/h8H,7,9H2,1-6H3. The quantitative estimate of drug-likeness (QED) is 0.594. The summed E-state index contributed by atoms with van der Waals surface area (Å²) in [4.78, 5) is 0. The van der Waals surface area contributed by atoms with Crippen molar-refractivity contribution in [1.29, 1.82) is 0 Å². The van der Waals surface area contributed by atoms with E-state index in [9.17, 15) is 0 Å². The fourth-order valence-electron chi connectivity index (χ4n) is 1.16. The smallest absolute Gasteiger partial charge is 0.192 e. The zero-order valence-electron chi connectivity index (χ0n) is 11.7. The maximum absolute atomic E-state index is 6.18. The first-order valence-electron chi connectivity index (χ1n) is 6.03. The molecule has 1 heterocycles. The predicted molar refractivity (Wildman–Crippen MR) is 82.6 cm³/mol. The SMILES string of the molecule is CCn1cc(I)c(CO[Si](C)(C)C(C)(C)C)n1. The minimum Gasteiger partial charge on any atom is -0.411 e. The van der Waals surface area contributed by atoms with Gasteiger partial charge in [0.2, 0.25) is 0 Å². The molecule has 0 aromatic carbocycles. The molecule has 0 saturated heterocycles. The van der Waals surface area contributed by atoms with Crippen LogP contribution in [0, 0.1) is 3.57 Å². The van der Waals surface area contributed by atoms with Crippen molar-refractivity contribution >= 4 is 30.9 Å². The van der Waals surface area contributed by atoms with Crippen LogP contribution in [0.25, 0.3) is 0 Å². The van der Waals surface area contributed by atoms with Crippen molar-refractivity contribution in [2.75, 3.05) is 0 Å². The van der Waals surface area contributed by atoms with Gasteiger partial charge in [-0.3, -0.25) is 4.68 Å². The molecule has 0 saturated carbocycles. The summed E-state index contributed by atoms with van der Waals surface area (Å²) in [5.74, 6) is 0. The Hall–Kier alpha value is 0.117. The third kappa shape index (κ3) is 3.79. The molecule has 0 spiro atoms. The molecule has 0 aliphatic heterocycles. The summed E-state index contributed by atoms with van der Waals surface area (Å²) in [5, 5.41) is 4.78. The average Bonchev–Trinajstić information content (AvgIpc) is 2.55. The fourth-order valence-corrected chi connectivity index (χ4v) is 2.68. The minimum absolute atomic E-state index is 0.256. The number of aromatic nitrogens is 2. The second-order valence-electron chi connectivity index (χ2n) is 5.83. The van der Waals surface area contributed by atoms with Crippen molar-refractivity contribution in [2.45, 2.75) is 59.0 Å². The summed E-state index contributed by atoms with van der Waals surface area (Å²) in [6, 6.07) is 0. The zero-order chi connectivity index (χ0) is 13.3. The monoisotopic (exact) mass is 366 g/mol. The van der Waals surface area contributed by atoms with E-state index in [0.29, 0.717) is 6.61 Å². The lowest BCUT2D eigenvalue weighted by molar-refractivity contribution is 0.270. The first kappa shape index (κ1) is 15.2. The molecule has 0 aliphatic carbocycles. The van der Waals surface area contributed by atoms with E-state index < -0.39 is 8.32 Å². The molecule has 0 aliphatic rings. The molecular weight excluding hydrogens is 343 g/mol. The Kier molecular flexibility index (Phi) is 4.82. The predicted octanol–water partition coefficient (Wildman–Crippen LogP) is 4.03. The maximum atomic E-state index is 6.18. The first-order valence-corrected chi connectivity index (χ1v) is 10.0. The summed E-state index contributed by atoms with van der Waals surface area (Å²) >= 11 is 2.33. The average molecular weight is 366 g/mol. The molecule has 1 aromatic heterocycles. The van der Waals surface area contributed by atoms with E-state index in [0.717, 1.165) is 12.2 Å². The molecule has 0 fully saturated rings. The van der Waals surface area contributed by atoms with E-state index in [1.54, 1.807) is 0 Å². The summed E-state index contributed by atoms with van der Waals surface area (Å²) in [7, 11) is -1.66. The largest absolute Gasteiger partial charge is 0.411 e. The lowest BCUT2D eigenvalue weighted by Gasteiger charge is -2.35. The number of hydrogen-bond donors (Lipinski definition) is 0. The highest BCUT2D eigenvalue weighted by molar-refractivity contribution is 14.1. The van der Waals surface area contributed by atoms with Gasteiger partial charge in [0.05, 0.1) is 10.2 Å². The van der Waals surface area contributed by atoms with Crippen LogP contribution >= 0.6 is 22.6 Å². The lowest BCUT2D eigenvalue weighted by Crippen LogP contribution is -2.40. The Morgan fingerprint density at radius 2 is 2.00 bits per heavy atom. The second-order valence-corrected chi connectivity index (χ2v) is 11.8. The fraction of sp³-hybridized carbons (Fsp3) is 0.750. The van der Waals surface area contributed by atoms with E-state index >= 15 is 0 Å². The summed E-state index contributed by atoms with van der Waals surface area (Å²) in [6.45, 7) is 15.0. The van der Waals surface area contributed by atoms with Crippen molar-refractivity contribution < 1.29 is 4.43 Å². The first-order chi connectivity index (χ1) is 7.67. The van der Waals surface area contributed by atoms with Crippen LogP contribution in [-0.2, 0) is 17.6 Å². The van der Waals surface area contributed by atoms with Gasteiger partial charge in [-0.15, -0.1) is 0 Å². The number of aryl methyl sites for hydroxylation is 1. The van der Waals surface area contributed by atoms with Gasteiger partial charge in [0, 0.05) is 12.7 Å². The van der Waals surface area contributed by atoms with Crippen molar-refractivity contribution in [2.24, 2.45) is 0 Å². The molecule has 17 heavy (non-hydrogen) atoms. The van der Waals surface area contributed by atoms with Crippen LogP contribution in [0.5, 0.6) is 0 Å². The third-order valence-electron chi connectivity index (χ3n) is 3.49. The Balaban J connectivity index is 2.70. The summed E-state index contributed by atoms with van der Waals surface area (Å²) in [6.07, 6.45) is 2.07. The molecule has 0 unspecified atom stereocenters. The molecular formula is C12H23IN2OSi. The van der Waals surface area contributed by atoms with Gasteiger partial charge >= 0.3 is 0 Å². The van der Waals surface area contributed by atoms with E-state index in [1.807, 2.05) is 4.68 Å². The van der Waals surface area contributed by atoms with E-state index in [2.05, 4.69) is 74.7 Å². The highest BCUT2D eigenvalue weighted by Crippen LogP contribution is 2.37. The number of hydrogen-bond acceptors (Lipinski definition) is 2. The second kappa shape index (κ2) is 5.40.